The van der Waals surface area contributed by atoms with Crippen LogP contribution in [0.1, 0.15) is 33.6 Å². The molecule has 0 fully saturated rings. The van der Waals surface area contributed by atoms with Gasteiger partial charge >= 0.3 is 0 Å². The number of halogens is 2. The van der Waals surface area contributed by atoms with Crippen molar-refractivity contribution in [2.24, 2.45) is 0 Å². The molecule has 0 saturated carbocycles. The van der Waals surface area contributed by atoms with E-state index in [0.29, 0.717) is 23.0 Å². The van der Waals surface area contributed by atoms with Gasteiger partial charge in [0.25, 0.3) is 0 Å². The van der Waals surface area contributed by atoms with E-state index in [1.807, 2.05) is 13.8 Å². The van der Waals surface area contributed by atoms with Crippen molar-refractivity contribution < 1.29 is 8.78 Å². The van der Waals surface area contributed by atoms with Gasteiger partial charge in [0.15, 0.2) is 11.6 Å². The van der Waals surface area contributed by atoms with E-state index in [9.17, 15) is 8.78 Å². The van der Waals surface area contributed by atoms with Gasteiger partial charge in [0.05, 0.1) is 0 Å². The molecule has 0 amide bonds. The van der Waals surface area contributed by atoms with Gasteiger partial charge in [0, 0.05) is 34.6 Å². The first-order valence-corrected chi connectivity index (χ1v) is 11.9. The second-order valence-electron chi connectivity index (χ2n) is 9.63. The molecule has 6 heteroatoms. The molecule has 0 saturated heterocycles. The Bertz CT molecular complexity index is 1700. The predicted molar refractivity (Wildman–Crippen MR) is 141 cm³/mol. The smallest absolute Gasteiger partial charge is 0.216 e. The van der Waals surface area contributed by atoms with Crippen LogP contribution in [0.25, 0.3) is 55.1 Å². The first-order chi connectivity index (χ1) is 17.2. The van der Waals surface area contributed by atoms with Gasteiger partial charge in [-0.3, -0.25) is 0 Å². The van der Waals surface area contributed by atoms with Crippen LogP contribution >= 0.6 is 0 Å². The third-order valence-electron chi connectivity index (χ3n) is 7.48. The van der Waals surface area contributed by atoms with E-state index in [-0.39, 0.29) is 0 Å². The summed E-state index contributed by atoms with van der Waals surface area (Å²) >= 11 is 0. The van der Waals surface area contributed by atoms with E-state index in [4.69, 9.17) is 0 Å². The molecule has 178 valence electrons. The molecule has 4 aromatic carbocycles. The summed E-state index contributed by atoms with van der Waals surface area (Å²) in [7, 11) is 0. The summed E-state index contributed by atoms with van der Waals surface area (Å²) in [5, 5.41) is 6.27. The maximum absolute atomic E-state index is 14.3. The van der Waals surface area contributed by atoms with Crippen LogP contribution in [0.3, 0.4) is 0 Å². The second-order valence-corrected chi connectivity index (χ2v) is 9.63. The number of hydrogen-bond donors (Lipinski definition) is 0. The third kappa shape index (κ3) is 3.10. The summed E-state index contributed by atoms with van der Waals surface area (Å²) in [6, 6.07) is 11.1. The molecule has 2 heterocycles. The standard InChI is InChI=1S/C30H24F2N4/c1-13-11-23(31)35-29(33-13)25-17(5)15(3)19-8-10-22-26(30-34-14(2)12-24(32)36-30)18(6)16(4)20-7-9-21(25)27(19)28(20)22/h7-12H,1-6H3. The number of rotatable bonds is 2. The Hall–Kier alpha value is -4.06. The lowest BCUT2D eigenvalue weighted by atomic mass is 9.82. The average Bonchev–Trinajstić information content (AvgIpc) is 2.81. The van der Waals surface area contributed by atoms with Crippen LogP contribution in [0.2, 0.25) is 0 Å². The molecule has 6 rings (SSSR count). The van der Waals surface area contributed by atoms with Crippen molar-refractivity contribution in [2.45, 2.75) is 41.5 Å². The highest BCUT2D eigenvalue weighted by Crippen LogP contribution is 2.46. The van der Waals surface area contributed by atoms with Gasteiger partial charge in [0.1, 0.15) is 0 Å². The Morgan fingerprint density at radius 1 is 0.472 bits per heavy atom. The highest BCUT2D eigenvalue weighted by molar-refractivity contribution is 6.29. The van der Waals surface area contributed by atoms with E-state index in [0.717, 1.165) is 65.7 Å². The van der Waals surface area contributed by atoms with Gasteiger partial charge in [-0.2, -0.15) is 18.7 Å². The maximum Gasteiger partial charge on any atom is 0.216 e. The number of aromatic nitrogens is 4. The normalized spacial score (nSPS) is 11.9. The minimum absolute atomic E-state index is 0.378. The first-order valence-electron chi connectivity index (χ1n) is 11.9. The Morgan fingerprint density at radius 2 is 0.833 bits per heavy atom. The molecule has 0 aliphatic carbocycles. The number of aryl methyl sites for hydroxylation is 4. The lowest BCUT2D eigenvalue weighted by Gasteiger charge is -2.22. The molecule has 36 heavy (non-hydrogen) atoms. The minimum atomic E-state index is -0.548. The number of benzene rings is 4. The fourth-order valence-corrected chi connectivity index (χ4v) is 5.58. The molecule has 4 nitrogen and oxygen atoms in total. The van der Waals surface area contributed by atoms with Gasteiger partial charge in [-0.15, -0.1) is 0 Å². The molecular formula is C30H24F2N4. The maximum atomic E-state index is 14.3. The van der Waals surface area contributed by atoms with Gasteiger partial charge < -0.3 is 0 Å². The summed E-state index contributed by atoms with van der Waals surface area (Å²) in [6.07, 6.45) is 0. The molecule has 0 bridgehead atoms. The van der Waals surface area contributed by atoms with Gasteiger partial charge in [0.2, 0.25) is 11.9 Å². The second kappa shape index (κ2) is 7.72. The quantitative estimate of drug-likeness (QED) is 0.190. The monoisotopic (exact) mass is 478 g/mol. The van der Waals surface area contributed by atoms with Crippen LogP contribution in [0, 0.1) is 53.4 Å². The van der Waals surface area contributed by atoms with Crippen molar-refractivity contribution in [3.63, 3.8) is 0 Å². The average molecular weight is 479 g/mol. The van der Waals surface area contributed by atoms with E-state index in [2.05, 4.69) is 58.0 Å². The summed E-state index contributed by atoms with van der Waals surface area (Å²) in [5.74, 6) is -0.341. The number of nitrogens with zero attached hydrogens (tertiary/aromatic N) is 4. The summed E-state index contributed by atoms with van der Waals surface area (Å²) < 4.78 is 28.7. The zero-order chi connectivity index (χ0) is 25.5. The van der Waals surface area contributed by atoms with Crippen LogP contribution < -0.4 is 0 Å². The lowest BCUT2D eigenvalue weighted by molar-refractivity contribution is 0.579. The Balaban J connectivity index is 1.84. The van der Waals surface area contributed by atoms with Crippen LogP contribution in [0.4, 0.5) is 8.78 Å². The van der Waals surface area contributed by atoms with E-state index < -0.39 is 11.9 Å². The summed E-state index contributed by atoms with van der Waals surface area (Å²) in [4.78, 5) is 17.5. The lowest BCUT2D eigenvalue weighted by Crippen LogP contribution is -2.03. The van der Waals surface area contributed by atoms with Gasteiger partial charge in [-0.1, -0.05) is 24.3 Å². The molecule has 0 radical (unpaired) electrons. The third-order valence-corrected chi connectivity index (χ3v) is 7.48. The Morgan fingerprint density at radius 3 is 1.19 bits per heavy atom. The van der Waals surface area contributed by atoms with Gasteiger partial charge in [-0.05, 0) is 96.1 Å². The molecule has 0 N–H and O–H groups in total. The van der Waals surface area contributed by atoms with E-state index in [1.165, 1.54) is 12.1 Å². The Labute approximate surface area is 207 Å². The Kier molecular flexibility index (Phi) is 4.80. The first kappa shape index (κ1) is 22.4. The molecule has 6 aromatic rings. The van der Waals surface area contributed by atoms with Crippen LogP contribution in [0.15, 0.2) is 36.4 Å². The van der Waals surface area contributed by atoms with Crippen molar-refractivity contribution >= 4 is 32.3 Å². The van der Waals surface area contributed by atoms with Crippen molar-refractivity contribution in [1.82, 2.24) is 19.9 Å². The van der Waals surface area contributed by atoms with Crippen LogP contribution in [0.5, 0.6) is 0 Å². The summed E-state index contributed by atoms with van der Waals surface area (Å²) in [6.45, 7) is 11.8. The number of hydrogen-bond acceptors (Lipinski definition) is 4. The van der Waals surface area contributed by atoms with Crippen LogP contribution in [-0.2, 0) is 0 Å². The van der Waals surface area contributed by atoms with Crippen molar-refractivity contribution in [1.29, 1.82) is 0 Å². The topological polar surface area (TPSA) is 51.6 Å². The molecular weight excluding hydrogens is 454 g/mol. The molecule has 0 aliphatic rings. The highest BCUT2D eigenvalue weighted by Gasteiger charge is 2.23. The van der Waals surface area contributed by atoms with Crippen molar-refractivity contribution in [3.8, 4) is 22.8 Å². The summed E-state index contributed by atoms with van der Waals surface area (Å²) in [5.41, 5.74) is 7.03. The predicted octanol–water partition coefficient (Wildman–Crippen LogP) is 7.63. The van der Waals surface area contributed by atoms with Gasteiger partial charge in [-0.25, -0.2) is 9.97 Å². The largest absolute Gasteiger partial charge is 0.233 e. The molecule has 0 aliphatic heterocycles. The fraction of sp³-hybridized carbons (Fsp3) is 0.200. The van der Waals surface area contributed by atoms with Crippen LogP contribution in [-0.4, -0.2) is 19.9 Å². The molecule has 0 spiro atoms. The zero-order valence-electron chi connectivity index (χ0n) is 21.0. The van der Waals surface area contributed by atoms with E-state index >= 15 is 0 Å². The SMILES string of the molecule is Cc1cc(F)nc(-c2c(C)c(C)c3ccc4c(-c5nc(C)cc(F)n5)c(C)c(C)c5ccc2c3c54)n1. The zero-order valence-corrected chi connectivity index (χ0v) is 21.0. The molecule has 0 unspecified atom stereocenters. The molecule has 2 aromatic heterocycles. The fourth-order valence-electron chi connectivity index (χ4n) is 5.58. The highest BCUT2D eigenvalue weighted by atomic mass is 19.1. The minimum Gasteiger partial charge on any atom is -0.233 e. The van der Waals surface area contributed by atoms with Crippen molar-refractivity contribution in [3.05, 3.63) is 81.9 Å². The molecule has 0 atom stereocenters. The van der Waals surface area contributed by atoms with E-state index in [1.54, 1.807) is 13.8 Å². The van der Waals surface area contributed by atoms with Crippen molar-refractivity contribution in [2.75, 3.05) is 0 Å².